The van der Waals surface area contributed by atoms with Crippen LogP contribution in [0.25, 0.3) is 0 Å². The van der Waals surface area contributed by atoms with E-state index in [1.165, 1.54) is 68.8 Å². The maximum atomic E-state index is 14.9. The van der Waals surface area contributed by atoms with E-state index in [2.05, 4.69) is 16.0 Å². The number of carbonyl (C=O) groups excluding carboxylic acids is 11. The summed E-state index contributed by atoms with van der Waals surface area (Å²) in [6.45, 7) is 19.2. The molecule has 7 amide bonds. The lowest BCUT2D eigenvalue weighted by Crippen LogP contribution is -2.60. The SMILES string of the molecule is CC[C@H](C)C[C@@H](CC(=O)O[C@H](C(=O)[C@H](C)C(=O)N[C@@H](CC(C)C)C(=O)N1CCC[C@H]1C(=O)N(C)[C@@H](Cc1ccc(OC)cc1)C(=O)O[C@H](C)[C@H](NC(=O)[C@@H](CC(C)C)N(C)C(=O)[C@@H]1CCCN1C(=O)C(C)=O)C(=O)NC)C(C)C)OC. The third-order valence-corrected chi connectivity index (χ3v) is 15.4. The Labute approximate surface area is 479 Å². The maximum absolute atomic E-state index is 14.9. The van der Waals surface area contributed by atoms with Crippen molar-refractivity contribution in [2.45, 2.75) is 195 Å². The number of ketones is 2. The zero-order chi connectivity index (χ0) is 61.2. The van der Waals surface area contributed by atoms with Gasteiger partial charge in [-0.05, 0) is 100 Å². The standard InChI is InChI=1S/C59H93N7O15/c1-17-36(8)30-42(79-16)32-48(68)81-51(35(6)7)50(69)37(9)52(70)61-43(28-33(2)3)56(74)66-27-19-21-45(66)58(76)64(14)47(31-40-22-24-41(78-15)25-23-40)59(77)80-39(11)49(54(72)60-12)62-53(71)46(29-34(4)5)63(13)57(75)44-20-18-26-65(44)55(73)38(10)67/h22-25,33-37,39,42-47,49,51H,17-21,26-32H2,1-16H3,(H,60,72)(H,61,70)(H,62,71)/t36-,37-,39+,42-,43-,44-,45-,46+,47-,49-,51-/m0/s1. The van der Waals surface area contributed by atoms with Crippen molar-refractivity contribution in [2.75, 3.05) is 48.5 Å². The molecule has 2 aliphatic rings. The molecule has 3 N–H and O–H groups in total. The van der Waals surface area contributed by atoms with Crippen molar-refractivity contribution in [3.63, 3.8) is 0 Å². The largest absolute Gasteiger partial charge is 0.497 e. The van der Waals surface area contributed by atoms with E-state index < -0.39 is 131 Å². The van der Waals surface area contributed by atoms with E-state index in [0.717, 1.165) is 13.3 Å². The fourth-order valence-electron chi connectivity index (χ4n) is 10.3. The highest BCUT2D eigenvalue weighted by Gasteiger charge is 2.45. The van der Waals surface area contributed by atoms with Crippen LogP contribution in [-0.4, -0.2) is 187 Å². The minimum Gasteiger partial charge on any atom is -0.497 e. The average molecular weight is 1140 g/mol. The summed E-state index contributed by atoms with van der Waals surface area (Å²) in [6, 6.07) is -0.497. The molecule has 1 aromatic carbocycles. The van der Waals surface area contributed by atoms with E-state index >= 15 is 0 Å². The first-order valence-corrected chi connectivity index (χ1v) is 28.6. The number of amides is 7. The quantitative estimate of drug-likeness (QED) is 0.0542. The molecule has 22 nitrogen and oxygen atoms in total. The van der Waals surface area contributed by atoms with Gasteiger partial charge in [-0.25, -0.2) is 4.79 Å². The number of esters is 2. The molecular weight excluding hydrogens is 1050 g/mol. The minimum atomic E-state index is -1.51. The summed E-state index contributed by atoms with van der Waals surface area (Å²) in [4.78, 5) is 157. The van der Waals surface area contributed by atoms with E-state index in [1.54, 1.807) is 38.1 Å². The zero-order valence-corrected chi connectivity index (χ0v) is 50.8. The number of hydrogen-bond donors (Lipinski definition) is 3. The van der Waals surface area contributed by atoms with Crippen molar-refractivity contribution in [2.24, 2.45) is 29.6 Å². The Morgan fingerprint density at radius 3 is 1.75 bits per heavy atom. The van der Waals surface area contributed by atoms with Gasteiger partial charge in [-0.2, -0.15) is 0 Å². The van der Waals surface area contributed by atoms with Crippen LogP contribution in [-0.2, 0) is 73.4 Å². The number of hydrogen-bond acceptors (Lipinski definition) is 15. The smallest absolute Gasteiger partial charge is 0.329 e. The number of likely N-dealkylation sites (N-methyl/N-ethyl adjacent to an activating group) is 3. The molecule has 0 aliphatic carbocycles. The van der Waals surface area contributed by atoms with Crippen LogP contribution in [0.4, 0.5) is 0 Å². The zero-order valence-electron chi connectivity index (χ0n) is 50.8. The molecule has 2 aliphatic heterocycles. The van der Waals surface area contributed by atoms with Gasteiger partial charge in [0.2, 0.25) is 41.2 Å². The van der Waals surface area contributed by atoms with Crippen LogP contribution >= 0.6 is 0 Å². The van der Waals surface area contributed by atoms with Crippen LogP contribution < -0.4 is 20.7 Å². The molecular formula is C59H93N7O15. The highest BCUT2D eigenvalue weighted by Crippen LogP contribution is 2.27. The number of methoxy groups -OCH3 is 2. The van der Waals surface area contributed by atoms with Crippen molar-refractivity contribution in [1.29, 1.82) is 0 Å². The Kier molecular flexibility index (Phi) is 27.4. The maximum Gasteiger partial charge on any atom is 0.329 e. The van der Waals surface area contributed by atoms with Gasteiger partial charge >= 0.3 is 11.9 Å². The molecule has 2 saturated heterocycles. The molecule has 1 aromatic rings. The monoisotopic (exact) mass is 1140 g/mol. The van der Waals surface area contributed by atoms with Gasteiger partial charge in [0.15, 0.2) is 11.9 Å². The number of nitrogens with one attached hydrogen (secondary N) is 3. The molecule has 2 heterocycles. The lowest BCUT2D eigenvalue weighted by atomic mass is 9.92. The van der Waals surface area contributed by atoms with E-state index in [0.29, 0.717) is 36.5 Å². The normalized spacial score (nSPS) is 18.6. The second-order valence-corrected chi connectivity index (χ2v) is 23.0. The molecule has 0 saturated carbocycles. The van der Waals surface area contributed by atoms with Gasteiger partial charge in [0.1, 0.15) is 48.1 Å². The predicted molar refractivity (Wildman–Crippen MR) is 301 cm³/mol. The first-order valence-electron chi connectivity index (χ1n) is 28.6. The molecule has 81 heavy (non-hydrogen) atoms. The first kappa shape index (κ1) is 68.8. The number of nitrogens with zero attached hydrogens (tertiary/aromatic N) is 4. The Balaban J connectivity index is 1.91. The lowest BCUT2D eigenvalue weighted by Gasteiger charge is -2.35. The number of benzene rings is 1. The third kappa shape index (κ3) is 19.3. The first-order chi connectivity index (χ1) is 38.0. The average Bonchev–Trinajstić information content (AvgIpc) is 4.13. The summed E-state index contributed by atoms with van der Waals surface area (Å²) in [6.07, 6.45) is -0.0327. The molecule has 11 atom stereocenters. The highest BCUT2D eigenvalue weighted by molar-refractivity contribution is 6.35. The minimum absolute atomic E-state index is 0.0744. The summed E-state index contributed by atoms with van der Waals surface area (Å²) in [5.74, 6) is -8.99. The van der Waals surface area contributed by atoms with Crippen molar-refractivity contribution in [1.82, 2.24) is 35.6 Å². The van der Waals surface area contributed by atoms with Gasteiger partial charge in [0.05, 0.1) is 25.6 Å². The molecule has 22 heteroatoms. The molecule has 0 unspecified atom stereocenters. The van der Waals surface area contributed by atoms with E-state index in [4.69, 9.17) is 18.9 Å². The summed E-state index contributed by atoms with van der Waals surface area (Å²) in [7, 11) is 7.16. The van der Waals surface area contributed by atoms with Gasteiger partial charge < -0.3 is 54.5 Å². The third-order valence-electron chi connectivity index (χ3n) is 15.4. The van der Waals surface area contributed by atoms with Crippen molar-refractivity contribution in [3.05, 3.63) is 29.8 Å². The molecule has 0 radical (unpaired) electrons. The summed E-state index contributed by atoms with van der Waals surface area (Å²) in [5, 5.41) is 7.96. The van der Waals surface area contributed by atoms with Gasteiger partial charge in [-0.3, -0.25) is 47.9 Å². The van der Waals surface area contributed by atoms with E-state index in [9.17, 15) is 52.7 Å². The molecule has 0 spiro atoms. The van der Waals surface area contributed by atoms with E-state index in [1.807, 2.05) is 41.5 Å². The van der Waals surface area contributed by atoms with Crippen LogP contribution in [0, 0.1) is 29.6 Å². The molecule has 2 fully saturated rings. The lowest BCUT2D eigenvalue weighted by molar-refractivity contribution is -0.162. The van der Waals surface area contributed by atoms with E-state index in [-0.39, 0.29) is 63.5 Å². The second-order valence-electron chi connectivity index (χ2n) is 23.0. The Morgan fingerprint density at radius 1 is 0.691 bits per heavy atom. The van der Waals surface area contributed by atoms with Crippen LogP contribution in [0.2, 0.25) is 0 Å². The molecule has 454 valence electrons. The number of Topliss-reactive ketones (excluding diaryl/α,β-unsaturated/α-hetero) is 2. The van der Waals surface area contributed by atoms with Gasteiger partial charge in [0, 0.05) is 54.7 Å². The van der Waals surface area contributed by atoms with Crippen LogP contribution in [0.5, 0.6) is 5.75 Å². The molecule has 3 rings (SSSR count). The molecule has 0 aromatic heterocycles. The van der Waals surface area contributed by atoms with Crippen molar-refractivity contribution >= 4 is 64.9 Å². The predicted octanol–water partition coefficient (Wildman–Crippen LogP) is 3.82. The second kappa shape index (κ2) is 32.3. The number of rotatable bonds is 31. The Morgan fingerprint density at radius 2 is 1.25 bits per heavy atom. The van der Waals surface area contributed by atoms with Crippen molar-refractivity contribution < 1.29 is 71.7 Å². The Hall–Kier alpha value is -6.45. The topological polar surface area (TPSA) is 274 Å². The van der Waals surface area contributed by atoms with Crippen molar-refractivity contribution in [3.8, 4) is 5.75 Å². The Bertz CT molecular complexity index is 2360. The van der Waals surface area contributed by atoms with Crippen LogP contribution in [0.3, 0.4) is 0 Å². The highest BCUT2D eigenvalue weighted by atomic mass is 16.6. The number of ether oxygens (including phenoxy) is 4. The summed E-state index contributed by atoms with van der Waals surface area (Å²) in [5.41, 5.74) is 0.592. The van der Waals surface area contributed by atoms with Crippen LogP contribution in [0.15, 0.2) is 24.3 Å². The van der Waals surface area contributed by atoms with Gasteiger partial charge in [-0.15, -0.1) is 0 Å². The van der Waals surface area contributed by atoms with Gasteiger partial charge in [0.25, 0.3) is 5.91 Å². The number of likely N-dealkylation sites (tertiary alicyclic amines) is 2. The molecule has 0 bridgehead atoms. The summed E-state index contributed by atoms with van der Waals surface area (Å²) >= 11 is 0. The van der Waals surface area contributed by atoms with Gasteiger partial charge in [-0.1, -0.05) is 73.9 Å². The summed E-state index contributed by atoms with van der Waals surface area (Å²) < 4.78 is 22.6. The fraction of sp³-hybridized carbons (Fsp3) is 0.712. The van der Waals surface area contributed by atoms with Crippen LogP contribution in [0.1, 0.15) is 140 Å². The number of carbonyl (C=O) groups is 11. The fourth-order valence-corrected chi connectivity index (χ4v) is 10.3.